The van der Waals surface area contributed by atoms with Gasteiger partial charge in [-0.1, -0.05) is 0 Å². The van der Waals surface area contributed by atoms with Gasteiger partial charge < -0.3 is 10.1 Å². The van der Waals surface area contributed by atoms with Gasteiger partial charge in [0.2, 0.25) is 26.0 Å². The average molecular weight is 468 g/mol. The fraction of sp³-hybridized carbons (Fsp3) is 0.350. The number of benzene rings is 2. The summed E-state index contributed by atoms with van der Waals surface area (Å²) < 4.78 is 57.1. The van der Waals surface area contributed by atoms with Crippen LogP contribution in [0.15, 0.2) is 53.4 Å². The summed E-state index contributed by atoms with van der Waals surface area (Å²) in [5, 5.41) is 2.61. The summed E-state index contributed by atoms with van der Waals surface area (Å²) in [6, 6.07) is 12.1. The highest BCUT2D eigenvalue weighted by Crippen LogP contribution is 2.23. The molecule has 2 aromatic rings. The van der Waals surface area contributed by atoms with E-state index < -0.39 is 32.5 Å². The number of hydrogen-bond acceptors (Lipinski definition) is 6. The van der Waals surface area contributed by atoms with Crippen LogP contribution in [0.1, 0.15) is 12.8 Å². The Bertz CT molecular complexity index is 1120. The number of rotatable bonds is 8. The summed E-state index contributed by atoms with van der Waals surface area (Å²) in [5.41, 5.74) is 0.694. The molecule has 0 bridgehead atoms. The standard InChI is InChI=1S/C20H25N3O6S2/c1-29-18-9-7-17(8-10-18)23(30(2,25)26)15-20(24)21-16-5-11-19(12-6-16)31(27,28)22-13-3-4-14-22/h5-12H,3-4,13-15H2,1-2H3,(H,21,24). The van der Waals surface area contributed by atoms with Crippen molar-refractivity contribution in [1.29, 1.82) is 0 Å². The minimum atomic E-state index is -3.71. The van der Waals surface area contributed by atoms with Gasteiger partial charge in [0, 0.05) is 18.8 Å². The van der Waals surface area contributed by atoms with Crippen LogP contribution in [0, 0.1) is 0 Å². The van der Waals surface area contributed by atoms with Crippen molar-refractivity contribution in [2.45, 2.75) is 17.7 Å². The Balaban J connectivity index is 1.70. The molecule has 3 rings (SSSR count). The quantitative estimate of drug-likeness (QED) is 0.634. The molecule has 0 aliphatic carbocycles. The van der Waals surface area contributed by atoms with Gasteiger partial charge in [0.1, 0.15) is 12.3 Å². The van der Waals surface area contributed by atoms with Crippen LogP contribution in [-0.4, -0.2) is 60.0 Å². The summed E-state index contributed by atoms with van der Waals surface area (Å²) in [6.07, 6.45) is 2.71. The molecule has 168 valence electrons. The minimum Gasteiger partial charge on any atom is -0.497 e. The minimum absolute atomic E-state index is 0.156. The average Bonchev–Trinajstić information content (AvgIpc) is 3.28. The third-order valence-electron chi connectivity index (χ3n) is 4.89. The number of anilines is 2. The summed E-state index contributed by atoms with van der Waals surface area (Å²) in [6.45, 7) is 0.583. The molecule has 0 saturated carbocycles. The van der Waals surface area contributed by atoms with Crippen molar-refractivity contribution in [3.63, 3.8) is 0 Å². The van der Waals surface area contributed by atoms with E-state index in [1.807, 2.05) is 0 Å². The first-order chi connectivity index (χ1) is 14.6. The molecular formula is C20H25N3O6S2. The van der Waals surface area contributed by atoms with E-state index in [1.54, 1.807) is 24.3 Å². The van der Waals surface area contributed by atoms with Crippen LogP contribution in [0.5, 0.6) is 5.75 Å². The van der Waals surface area contributed by atoms with E-state index in [-0.39, 0.29) is 4.90 Å². The van der Waals surface area contributed by atoms with E-state index in [0.29, 0.717) is 30.2 Å². The molecular weight excluding hydrogens is 442 g/mol. The van der Waals surface area contributed by atoms with E-state index in [2.05, 4.69) is 5.32 Å². The summed E-state index contributed by atoms with van der Waals surface area (Å²) in [4.78, 5) is 12.6. The zero-order valence-corrected chi connectivity index (χ0v) is 18.9. The normalized spacial score (nSPS) is 14.9. The number of nitrogens with zero attached hydrogens (tertiary/aromatic N) is 2. The van der Waals surface area contributed by atoms with Crippen molar-refractivity contribution in [3.8, 4) is 5.75 Å². The maximum Gasteiger partial charge on any atom is 0.245 e. The fourth-order valence-electron chi connectivity index (χ4n) is 3.27. The maximum absolute atomic E-state index is 12.6. The molecule has 0 unspecified atom stereocenters. The van der Waals surface area contributed by atoms with E-state index in [1.165, 1.54) is 35.7 Å². The second kappa shape index (κ2) is 9.25. The second-order valence-electron chi connectivity index (χ2n) is 7.15. The predicted molar refractivity (Wildman–Crippen MR) is 118 cm³/mol. The van der Waals surface area contributed by atoms with Crippen molar-refractivity contribution in [1.82, 2.24) is 4.31 Å². The molecule has 1 aliphatic heterocycles. The van der Waals surface area contributed by atoms with Crippen molar-refractivity contribution < 1.29 is 26.4 Å². The first kappa shape index (κ1) is 23.0. The molecule has 9 nitrogen and oxygen atoms in total. The first-order valence-electron chi connectivity index (χ1n) is 9.63. The Kier molecular flexibility index (Phi) is 6.87. The van der Waals surface area contributed by atoms with Gasteiger partial charge in [0.05, 0.1) is 23.9 Å². The number of carbonyl (C=O) groups excluding carboxylic acids is 1. The van der Waals surface area contributed by atoms with Crippen LogP contribution in [0.3, 0.4) is 0 Å². The van der Waals surface area contributed by atoms with Crippen LogP contribution in [0.4, 0.5) is 11.4 Å². The molecule has 1 heterocycles. The van der Waals surface area contributed by atoms with Crippen LogP contribution in [0.25, 0.3) is 0 Å². The Labute approximate surface area is 182 Å². The van der Waals surface area contributed by atoms with Gasteiger partial charge in [-0.15, -0.1) is 0 Å². The van der Waals surface area contributed by atoms with Crippen molar-refractivity contribution in [2.75, 3.05) is 42.6 Å². The molecule has 1 saturated heterocycles. The van der Waals surface area contributed by atoms with Gasteiger partial charge >= 0.3 is 0 Å². The van der Waals surface area contributed by atoms with Gasteiger partial charge in [-0.25, -0.2) is 16.8 Å². The zero-order chi connectivity index (χ0) is 22.6. The maximum atomic E-state index is 12.6. The van der Waals surface area contributed by atoms with E-state index in [0.717, 1.165) is 23.4 Å². The van der Waals surface area contributed by atoms with Crippen molar-refractivity contribution in [2.24, 2.45) is 0 Å². The van der Waals surface area contributed by atoms with E-state index in [4.69, 9.17) is 4.74 Å². The van der Waals surface area contributed by atoms with Crippen molar-refractivity contribution >= 4 is 37.3 Å². The number of carbonyl (C=O) groups is 1. The summed E-state index contributed by atoms with van der Waals surface area (Å²) >= 11 is 0. The summed E-state index contributed by atoms with van der Waals surface area (Å²) in [5.74, 6) is 0.00187. The number of sulfonamides is 2. The van der Waals surface area contributed by atoms with Gasteiger partial charge in [-0.3, -0.25) is 9.10 Å². The smallest absolute Gasteiger partial charge is 0.245 e. The van der Waals surface area contributed by atoms with Crippen LogP contribution >= 0.6 is 0 Å². The molecule has 31 heavy (non-hydrogen) atoms. The molecule has 0 atom stereocenters. The lowest BCUT2D eigenvalue weighted by atomic mass is 10.3. The largest absolute Gasteiger partial charge is 0.497 e. The molecule has 1 fully saturated rings. The van der Waals surface area contributed by atoms with E-state index in [9.17, 15) is 21.6 Å². The van der Waals surface area contributed by atoms with Gasteiger partial charge in [0.15, 0.2) is 0 Å². The van der Waals surface area contributed by atoms with Gasteiger partial charge in [-0.2, -0.15) is 4.31 Å². The monoisotopic (exact) mass is 467 g/mol. The zero-order valence-electron chi connectivity index (χ0n) is 17.3. The Morgan fingerprint density at radius 2 is 1.58 bits per heavy atom. The SMILES string of the molecule is COc1ccc(N(CC(=O)Nc2ccc(S(=O)(=O)N3CCCC3)cc2)S(C)(=O)=O)cc1. The molecule has 11 heteroatoms. The highest BCUT2D eigenvalue weighted by atomic mass is 32.2. The van der Waals surface area contributed by atoms with Gasteiger partial charge in [-0.05, 0) is 61.4 Å². The first-order valence-corrected chi connectivity index (χ1v) is 12.9. The number of hydrogen-bond donors (Lipinski definition) is 1. The molecule has 0 aromatic heterocycles. The second-order valence-corrected chi connectivity index (χ2v) is 11.0. The van der Waals surface area contributed by atoms with Crippen LogP contribution < -0.4 is 14.4 Å². The highest BCUT2D eigenvalue weighted by molar-refractivity contribution is 7.92. The molecule has 2 aromatic carbocycles. The lowest BCUT2D eigenvalue weighted by molar-refractivity contribution is -0.114. The Morgan fingerprint density at radius 1 is 1.00 bits per heavy atom. The topological polar surface area (TPSA) is 113 Å². The number of methoxy groups -OCH3 is 1. The van der Waals surface area contributed by atoms with Crippen molar-refractivity contribution in [3.05, 3.63) is 48.5 Å². The van der Waals surface area contributed by atoms with E-state index >= 15 is 0 Å². The summed E-state index contributed by atoms with van der Waals surface area (Å²) in [7, 11) is -5.76. The van der Waals surface area contributed by atoms with Gasteiger partial charge in [0.25, 0.3) is 0 Å². The number of amides is 1. The Morgan fingerprint density at radius 3 is 2.10 bits per heavy atom. The lowest BCUT2D eigenvalue weighted by Gasteiger charge is -2.22. The third kappa shape index (κ3) is 5.54. The highest BCUT2D eigenvalue weighted by Gasteiger charge is 2.27. The number of ether oxygens (including phenoxy) is 1. The molecule has 0 radical (unpaired) electrons. The fourth-order valence-corrected chi connectivity index (χ4v) is 5.64. The molecule has 1 aliphatic rings. The lowest BCUT2D eigenvalue weighted by Crippen LogP contribution is -2.37. The predicted octanol–water partition coefficient (Wildman–Crippen LogP) is 1.88. The van der Waals surface area contributed by atoms with Crippen LogP contribution in [0.2, 0.25) is 0 Å². The molecule has 0 spiro atoms. The van der Waals surface area contributed by atoms with Crippen LogP contribution in [-0.2, 0) is 24.8 Å². The number of nitrogens with one attached hydrogen (secondary N) is 1. The Hall–Kier alpha value is -2.63. The molecule has 1 amide bonds. The molecule has 1 N–H and O–H groups in total. The third-order valence-corrected chi connectivity index (χ3v) is 7.94.